The van der Waals surface area contributed by atoms with Gasteiger partial charge in [0, 0.05) is 42.7 Å². The third-order valence-corrected chi connectivity index (χ3v) is 7.64. The highest BCUT2D eigenvalue weighted by atomic mass is 19.3. The number of alkyl halides is 2. The van der Waals surface area contributed by atoms with E-state index >= 15 is 0 Å². The van der Waals surface area contributed by atoms with E-state index in [1.165, 1.54) is 7.11 Å². The number of aromatic nitrogens is 3. The van der Waals surface area contributed by atoms with Gasteiger partial charge in [0.2, 0.25) is 0 Å². The Kier molecular flexibility index (Phi) is 7.83. The van der Waals surface area contributed by atoms with Gasteiger partial charge in [-0.2, -0.15) is 0 Å². The maximum Gasteiger partial charge on any atom is 0.257 e. The number of aromatic amines is 1. The lowest BCUT2D eigenvalue weighted by Gasteiger charge is -2.36. The lowest BCUT2D eigenvalue weighted by molar-refractivity contribution is -0.0231. The summed E-state index contributed by atoms with van der Waals surface area (Å²) in [5, 5.41) is 0. The first-order valence-electron chi connectivity index (χ1n) is 12.8. The molecule has 4 rings (SSSR count). The SMILES string of the molecule is COc1cc(C)[nH]c(=O)c1CCC(=O)c1c(C)c(C(C)C2CCN(CC(C)(F)F)CC2)n2ccncc12. The number of rotatable bonds is 9. The molecular weight excluding hydrogens is 478 g/mol. The van der Waals surface area contributed by atoms with Gasteiger partial charge in [0.25, 0.3) is 11.5 Å². The number of Topliss-reactive ketones (excluding diaryl/α,β-unsaturated/α-hetero) is 1. The highest BCUT2D eigenvalue weighted by Gasteiger charge is 2.33. The highest BCUT2D eigenvalue weighted by Crippen LogP contribution is 2.38. The number of nitrogens with zero attached hydrogens (tertiary/aromatic N) is 3. The predicted molar refractivity (Wildman–Crippen MR) is 139 cm³/mol. The van der Waals surface area contributed by atoms with Gasteiger partial charge < -0.3 is 14.1 Å². The fourth-order valence-electron chi connectivity index (χ4n) is 5.87. The summed E-state index contributed by atoms with van der Waals surface area (Å²) in [5.74, 6) is -1.80. The number of nitrogens with one attached hydrogen (secondary N) is 1. The van der Waals surface area contributed by atoms with Crippen LogP contribution in [0.5, 0.6) is 5.75 Å². The summed E-state index contributed by atoms with van der Waals surface area (Å²) in [7, 11) is 1.52. The molecule has 37 heavy (non-hydrogen) atoms. The van der Waals surface area contributed by atoms with Crippen LogP contribution >= 0.6 is 0 Å². The van der Waals surface area contributed by atoms with Crippen LogP contribution in [0.2, 0.25) is 0 Å². The number of carbonyl (C=O) groups is 1. The molecule has 1 aliphatic rings. The van der Waals surface area contributed by atoms with Crippen molar-refractivity contribution in [1.82, 2.24) is 19.3 Å². The zero-order valence-corrected chi connectivity index (χ0v) is 22.2. The van der Waals surface area contributed by atoms with E-state index in [0.29, 0.717) is 41.6 Å². The Morgan fingerprint density at radius 1 is 1.30 bits per heavy atom. The van der Waals surface area contributed by atoms with E-state index in [9.17, 15) is 18.4 Å². The van der Waals surface area contributed by atoms with Crippen molar-refractivity contribution in [2.24, 2.45) is 5.92 Å². The summed E-state index contributed by atoms with van der Waals surface area (Å²) in [6.45, 7) is 7.96. The molecule has 0 bridgehead atoms. The van der Waals surface area contributed by atoms with E-state index in [2.05, 4.69) is 16.9 Å². The third kappa shape index (κ3) is 5.76. The van der Waals surface area contributed by atoms with Crippen molar-refractivity contribution in [2.75, 3.05) is 26.7 Å². The number of hydrogen-bond donors (Lipinski definition) is 1. The topological polar surface area (TPSA) is 79.7 Å². The summed E-state index contributed by atoms with van der Waals surface area (Å²) >= 11 is 0. The molecule has 0 aliphatic carbocycles. The Morgan fingerprint density at radius 2 is 2.00 bits per heavy atom. The van der Waals surface area contributed by atoms with Gasteiger partial charge >= 0.3 is 0 Å². The van der Waals surface area contributed by atoms with Gasteiger partial charge in [-0.1, -0.05) is 6.92 Å². The highest BCUT2D eigenvalue weighted by molar-refractivity contribution is 6.04. The minimum absolute atomic E-state index is 0.0523. The second-order valence-corrected chi connectivity index (χ2v) is 10.4. The number of piperidine rings is 1. The maximum atomic E-state index is 13.5. The zero-order valence-electron chi connectivity index (χ0n) is 22.2. The van der Waals surface area contributed by atoms with Crippen molar-refractivity contribution in [2.45, 2.75) is 65.2 Å². The van der Waals surface area contributed by atoms with Crippen molar-refractivity contribution in [3.05, 3.63) is 63.1 Å². The van der Waals surface area contributed by atoms with Crippen molar-refractivity contribution >= 4 is 11.3 Å². The molecule has 0 amide bonds. The van der Waals surface area contributed by atoms with E-state index in [0.717, 1.165) is 36.5 Å². The Balaban J connectivity index is 1.58. The van der Waals surface area contributed by atoms with Gasteiger partial charge in [0.05, 0.1) is 30.9 Å². The summed E-state index contributed by atoms with van der Waals surface area (Å²) in [4.78, 5) is 34.9. The Morgan fingerprint density at radius 3 is 2.65 bits per heavy atom. The summed E-state index contributed by atoms with van der Waals surface area (Å²) in [5.41, 5.74) is 4.26. The number of methoxy groups -OCH3 is 1. The van der Waals surface area contributed by atoms with Gasteiger partial charge in [-0.05, 0) is 69.7 Å². The lowest BCUT2D eigenvalue weighted by Crippen LogP contribution is -2.41. The number of halogens is 2. The van der Waals surface area contributed by atoms with Crippen LogP contribution in [-0.4, -0.2) is 57.7 Å². The minimum atomic E-state index is -2.69. The Labute approximate surface area is 215 Å². The van der Waals surface area contributed by atoms with Crippen molar-refractivity contribution in [1.29, 1.82) is 0 Å². The largest absolute Gasteiger partial charge is 0.496 e. The molecule has 1 fully saturated rings. The van der Waals surface area contributed by atoms with Crippen LogP contribution in [0.4, 0.5) is 8.78 Å². The summed E-state index contributed by atoms with van der Waals surface area (Å²) < 4.78 is 34.4. The number of hydrogen-bond acceptors (Lipinski definition) is 5. The first kappa shape index (κ1) is 27.0. The van der Waals surface area contributed by atoms with Crippen LogP contribution in [-0.2, 0) is 6.42 Å². The molecule has 0 aromatic carbocycles. The van der Waals surface area contributed by atoms with Crippen LogP contribution in [0.3, 0.4) is 0 Å². The van der Waals surface area contributed by atoms with Gasteiger partial charge in [0.1, 0.15) is 5.75 Å². The average Bonchev–Trinajstić information content (AvgIpc) is 3.13. The van der Waals surface area contributed by atoms with Crippen molar-refractivity contribution in [3.8, 4) is 5.75 Å². The van der Waals surface area contributed by atoms with E-state index in [-0.39, 0.29) is 36.6 Å². The number of pyridine rings is 1. The molecule has 1 saturated heterocycles. The van der Waals surface area contributed by atoms with Gasteiger partial charge in [-0.25, -0.2) is 8.78 Å². The molecule has 0 saturated carbocycles. The number of likely N-dealkylation sites (tertiary alicyclic amines) is 1. The molecule has 3 aromatic rings. The zero-order chi connectivity index (χ0) is 26.9. The smallest absolute Gasteiger partial charge is 0.257 e. The summed E-state index contributed by atoms with van der Waals surface area (Å²) in [6, 6.07) is 1.76. The molecule has 200 valence electrons. The first-order chi connectivity index (χ1) is 17.5. The predicted octanol–water partition coefficient (Wildman–Crippen LogP) is 4.93. The van der Waals surface area contributed by atoms with Gasteiger partial charge in [-0.15, -0.1) is 0 Å². The number of carbonyl (C=O) groups excluding carboxylic acids is 1. The molecule has 7 nitrogen and oxygen atoms in total. The standard InChI is InChI=1S/C28H36F2N4O3/c1-17-14-24(37-5)21(27(36)32-17)6-7-23(35)25-19(3)26(34-13-10-31-15-22(25)34)18(2)20-8-11-33(12-9-20)16-28(4,29)30/h10,13-15,18,20H,6-9,11-12,16H2,1-5H3,(H,32,36). The van der Waals surface area contributed by atoms with Gasteiger partial charge in [-0.3, -0.25) is 19.5 Å². The normalized spacial score (nSPS) is 16.3. The number of aryl methyl sites for hydroxylation is 1. The molecular formula is C28H36F2N4O3. The molecule has 1 N–H and O–H groups in total. The minimum Gasteiger partial charge on any atom is -0.496 e. The molecule has 0 spiro atoms. The molecule has 1 unspecified atom stereocenters. The quantitative estimate of drug-likeness (QED) is 0.410. The molecule has 1 aliphatic heterocycles. The van der Waals surface area contributed by atoms with Crippen LogP contribution in [0.1, 0.15) is 71.9 Å². The Hall–Kier alpha value is -3.07. The Bertz CT molecular complexity index is 1330. The third-order valence-electron chi connectivity index (χ3n) is 7.64. The number of ketones is 1. The molecule has 9 heteroatoms. The van der Waals surface area contributed by atoms with Crippen LogP contribution in [0.15, 0.2) is 29.5 Å². The van der Waals surface area contributed by atoms with Gasteiger partial charge in [0.15, 0.2) is 5.78 Å². The van der Waals surface area contributed by atoms with Crippen molar-refractivity contribution in [3.63, 3.8) is 0 Å². The number of fused-ring (bicyclic) bond motifs is 1. The first-order valence-corrected chi connectivity index (χ1v) is 12.8. The number of ether oxygens (including phenoxy) is 1. The summed E-state index contributed by atoms with van der Waals surface area (Å²) in [6.07, 6.45) is 7.38. The van der Waals surface area contributed by atoms with Crippen LogP contribution in [0.25, 0.3) is 5.52 Å². The molecule has 4 heterocycles. The molecule has 3 aromatic heterocycles. The molecule has 1 atom stereocenters. The second kappa shape index (κ2) is 10.7. The number of H-pyrrole nitrogens is 1. The van der Waals surface area contributed by atoms with E-state index in [4.69, 9.17) is 4.74 Å². The molecule has 0 radical (unpaired) electrons. The van der Waals surface area contributed by atoms with Crippen LogP contribution < -0.4 is 10.3 Å². The monoisotopic (exact) mass is 514 g/mol. The van der Waals surface area contributed by atoms with E-state index in [1.807, 2.05) is 22.4 Å². The lowest BCUT2D eigenvalue weighted by atomic mass is 9.82. The second-order valence-electron chi connectivity index (χ2n) is 10.4. The van der Waals surface area contributed by atoms with E-state index in [1.54, 1.807) is 25.4 Å². The maximum absolute atomic E-state index is 13.5. The fraction of sp³-hybridized carbons (Fsp3) is 0.536. The average molecular weight is 515 g/mol. The van der Waals surface area contributed by atoms with Crippen LogP contribution in [0, 0.1) is 19.8 Å². The van der Waals surface area contributed by atoms with Crippen molar-refractivity contribution < 1.29 is 18.3 Å². The fourth-order valence-corrected chi connectivity index (χ4v) is 5.87. The van der Waals surface area contributed by atoms with E-state index < -0.39 is 5.92 Å².